The second-order valence-electron chi connectivity index (χ2n) is 4.49. The lowest BCUT2D eigenvalue weighted by molar-refractivity contribution is -0.117. The molecule has 0 aliphatic heterocycles. The third-order valence-corrected chi connectivity index (χ3v) is 2.31. The van der Waals surface area contributed by atoms with Gasteiger partial charge in [-0.2, -0.15) is 0 Å². The second kappa shape index (κ2) is 3.79. The molecular weight excluding hydrogens is 160 g/mol. The highest BCUT2D eigenvalue weighted by Crippen LogP contribution is 2.34. The third kappa shape index (κ3) is 3.06. The van der Waals surface area contributed by atoms with Gasteiger partial charge in [-0.15, -0.1) is 12.3 Å². The zero-order valence-electron chi connectivity index (χ0n) is 8.39. The summed E-state index contributed by atoms with van der Waals surface area (Å²) in [6.07, 6.45) is 10.3. The first-order valence-corrected chi connectivity index (χ1v) is 4.69. The minimum absolute atomic E-state index is 0.135. The Labute approximate surface area is 80.2 Å². The number of hydrogen-bond acceptors (Lipinski definition) is 1. The summed E-state index contributed by atoms with van der Waals surface area (Å²) in [7, 11) is 0. The molecule has 0 saturated heterocycles. The van der Waals surface area contributed by atoms with Gasteiger partial charge < -0.3 is 0 Å². The Bertz CT molecular complexity index is 276. The zero-order chi connectivity index (χ0) is 9.90. The topological polar surface area (TPSA) is 17.1 Å². The summed E-state index contributed by atoms with van der Waals surface area (Å²) in [4.78, 5) is 11.3. The first-order chi connectivity index (χ1) is 6.03. The first kappa shape index (κ1) is 10.1. The van der Waals surface area contributed by atoms with E-state index in [0.717, 1.165) is 19.3 Å². The molecular formula is C12H16O. The maximum absolute atomic E-state index is 11.3. The van der Waals surface area contributed by atoms with Gasteiger partial charge in [0.2, 0.25) is 0 Å². The molecule has 0 amide bonds. The van der Waals surface area contributed by atoms with E-state index in [4.69, 9.17) is 6.42 Å². The summed E-state index contributed by atoms with van der Waals surface area (Å²) in [6, 6.07) is 0. The Morgan fingerprint density at radius 2 is 2.23 bits per heavy atom. The lowest BCUT2D eigenvalue weighted by Gasteiger charge is -2.28. The van der Waals surface area contributed by atoms with Gasteiger partial charge in [0.25, 0.3) is 0 Å². The summed E-state index contributed by atoms with van der Waals surface area (Å²) in [6.45, 7) is 4.27. The minimum atomic E-state index is 0.135. The third-order valence-electron chi connectivity index (χ3n) is 2.31. The van der Waals surface area contributed by atoms with Gasteiger partial charge in [-0.05, 0) is 24.3 Å². The molecule has 0 bridgehead atoms. The van der Waals surface area contributed by atoms with Crippen molar-refractivity contribution in [3.8, 4) is 12.3 Å². The van der Waals surface area contributed by atoms with Crippen molar-refractivity contribution in [2.45, 2.75) is 39.5 Å². The number of carbonyl (C=O) groups excluding carboxylic acids is 1. The molecule has 0 radical (unpaired) electrons. The van der Waals surface area contributed by atoms with Crippen LogP contribution in [0, 0.1) is 17.8 Å². The van der Waals surface area contributed by atoms with Crippen molar-refractivity contribution in [1.29, 1.82) is 0 Å². The van der Waals surface area contributed by atoms with Crippen molar-refractivity contribution >= 4 is 5.78 Å². The van der Waals surface area contributed by atoms with E-state index in [9.17, 15) is 4.79 Å². The van der Waals surface area contributed by atoms with Gasteiger partial charge in [0.05, 0.1) is 0 Å². The van der Waals surface area contributed by atoms with E-state index in [2.05, 4.69) is 19.8 Å². The normalized spacial score (nSPS) is 20.7. The fourth-order valence-corrected chi connectivity index (χ4v) is 1.87. The summed E-state index contributed by atoms with van der Waals surface area (Å²) in [5.74, 6) is 2.86. The van der Waals surface area contributed by atoms with Crippen LogP contribution in [0.1, 0.15) is 39.5 Å². The minimum Gasteiger partial charge on any atom is -0.295 e. The number of terminal acetylenes is 1. The van der Waals surface area contributed by atoms with Gasteiger partial charge in [0, 0.05) is 12.8 Å². The van der Waals surface area contributed by atoms with Crippen LogP contribution in [-0.4, -0.2) is 5.78 Å². The standard InChI is InChI=1S/C12H16O/c1-4-5-6-10-7-11(13)9-12(2,3)8-10/h1,7H,5-6,8-9H2,2-3H3. The van der Waals surface area contributed by atoms with E-state index in [0.29, 0.717) is 6.42 Å². The average Bonchev–Trinajstić information content (AvgIpc) is 1.97. The number of rotatable bonds is 2. The van der Waals surface area contributed by atoms with Crippen LogP contribution in [0.2, 0.25) is 0 Å². The van der Waals surface area contributed by atoms with Crippen molar-refractivity contribution in [1.82, 2.24) is 0 Å². The van der Waals surface area contributed by atoms with E-state index >= 15 is 0 Å². The fraction of sp³-hybridized carbons (Fsp3) is 0.583. The number of allylic oxidation sites excluding steroid dienone is 2. The molecule has 1 heteroatoms. The Morgan fingerprint density at radius 3 is 2.77 bits per heavy atom. The van der Waals surface area contributed by atoms with Crippen LogP contribution in [0.3, 0.4) is 0 Å². The molecule has 0 fully saturated rings. The van der Waals surface area contributed by atoms with Gasteiger partial charge in [0.15, 0.2) is 5.78 Å². The number of ketones is 1. The van der Waals surface area contributed by atoms with Crippen molar-refractivity contribution in [2.75, 3.05) is 0 Å². The van der Waals surface area contributed by atoms with Crippen LogP contribution < -0.4 is 0 Å². The summed E-state index contributed by atoms with van der Waals surface area (Å²) >= 11 is 0. The highest BCUT2D eigenvalue weighted by atomic mass is 16.1. The van der Waals surface area contributed by atoms with Crippen LogP contribution in [-0.2, 0) is 4.79 Å². The molecule has 0 N–H and O–H groups in total. The summed E-state index contributed by atoms with van der Waals surface area (Å²) in [5.41, 5.74) is 1.36. The van der Waals surface area contributed by atoms with E-state index in [1.165, 1.54) is 5.57 Å². The first-order valence-electron chi connectivity index (χ1n) is 4.69. The molecule has 1 aliphatic carbocycles. The van der Waals surface area contributed by atoms with Crippen LogP contribution in [0.5, 0.6) is 0 Å². The molecule has 0 unspecified atom stereocenters. The predicted octanol–water partition coefficient (Wildman–Crippen LogP) is 2.72. The molecule has 1 rings (SSSR count). The maximum atomic E-state index is 11.3. The van der Waals surface area contributed by atoms with Gasteiger partial charge in [0.1, 0.15) is 0 Å². The van der Waals surface area contributed by atoms with Crippen LogP contribution in [0.4, 0.5) is 0 Å². The molecule has 0 aromatic heterocycles. The second-order valence-corrected chi connectivity index (χ2v) is 4.49. The van der Waals surface area contributed by atoms with E-state index in [1.54, 1.807) is 6.08 Å². The quantitative estimate of drug-likeness (QED) is 0.591. The van der Waals surface area contributed by atoms with Crippen molar-refractivity contribution < 1.29 is 4.79 Å². The highest BCUT2D eigenvalue weighted by molar-refractivity contribution is 5.91. The van der Waals surface area contributed by atoms with E-state index in [-0.39, 0.29) is 11.2 Å². The Kier molecular flexibility index (Phi) is 2.93. The van der Waals surface area contributed by atoms with Crippen LogP contribution in [0.15, 0.2) is 11.6 Å². The number of carbonyl (C=O) groups is 1. The van der Waals surface area contributed by atoms with Crippen LogP contribution in [0.25, 0.3) is 0 Å². The van der Waals surface area contributed by atoms with Gasteiger partial charge >= 0.3 is 0 Å². The molecule has 0 saturated carbocycles. The molecule has 70 valence electrons. The van der Waals surface area contributed by atoms with E-state index < -0.39 is 0 Å². The number of hydrogen-bond donors (Lipinski definition) is 0. The lowest BCUT2D eigenvalue weighted by Crippen LogP contribution is -2.21. The SMILES string of the molecule is C#CCCC1=CC(=O)CC(C)(C)C1. The van der Waals surface area contributed by atoms with Crippen molar-refractivity contribution in [2.24, 2.45) is 5.41 Å². The zero-order valence-corrected chi connectivity index (χ0v) is 8.39. The van der Waals surface area contributed by atoms with Gasteiger partial charge in [-0.1, -0.05) is 19.4 Å². The smallest absolute Gasteiger partial charge is 0.156 e. The largest absolute Gasteiger partial charge is 0.295 e. The van der Waals surface area contributed by atoms with Crippen LogP contribution >= 0.6 is 0 Å². The van der Waals surface area contributed by atoms with Crippen molar-refractivity contribution in [3.05, 3.63) is 11.6 Å². The fourth-order valence-electron chi connectivity index (χ4n) is 1.87. The molecule has 0 aromatic carbocycles. The van der Waals surface area contributed by atoms with Gasteiger partial charge in [-0.3, -0.25) is 4.79 Å². The monoisotopic (exact) mass is 176 g/mol. The van der Waals surface area contributed by atoms with E-state index in [1.807, 2.05) is 0 Å². The van der Waals surface area contributed by atoms with Gasteiger partial charge in [-0.25, -0.2) is 0 Å². The molecule has 1 aliphatic rings. The molecule has 0 aromatic rings. The summed E-state index contributed by atoms with van der Waals surface area (Å²) in [5, 5.41) is 0. The predicted molar refractivity (Wildman–Crippen MR) is 54.2 cm³/mol. The Hall–Kier alpha value is -1.03. The summed E-state index contributed by atoms with van der Waals surface area (Å²) < 4.78 is 0. The Balaban J connectivity index is 2.65. The molecule has 0 spiro atoms. The van der Waals surface area contributed by atoms with Crippen molar-refractivity contribution in [3.63, 3.8) is 0 Å². The molecule has 0 heterocycles. The average molecular weight is 176 g/mol. The molecule has 0 atom stereocenters. The highest BCUT2D eigenvalue weighted by Gasteiger charge is 2.26. The molecule has 1 nitrogen and oxygen atoms in total. The Morgan fingerprint density at radius 1 is 1.54 bits per heavy atom. The maximum Gasteiger partial charge on any atom is 0.156 e. The lowest BCUT2D eigenvalue weighted by atomic mass is 9.76. The molecule has 13 heavy (non-hydrogen) atoms.